The molecule has 2 amide bonds. The van der Waals surface area contributed by atoms with Crippen LogP contribution in [0.15, 0.2) is 42.5 Å². The minimum atomic E-state index is -1.04. The highest BCUT2D eigenvalue weighted by molar-refractivity contribution is 6.33. The molecule has 0 aromatic heterocycles. The largest absolute Gasteiger partial charge is 0.495 e. The summed E-state index contributed by atoms with van der Waals surface area (Å²) in [5.74, 6) is -1.34. The quantitative estimate of drug-likeness (QED) is 0.781. The molecule has 0 radical (unpaired) electrons. The minimum Gasteiger partial charge on any atom is -0.495 e. The Morgan fingerprint density at radius 2 is 1.92 bits per heavy atom. The van der Waals surface area contributed by atoms with Crippen molar-refractivity contribution in [1.82, 2.24) is 0 Å². The van der Waals surface area contributed by atoms with E-state index in [9.17, 15) is 14.4 Å². The first kappa shape index (κ1) is 17.8. The maximum atomic E-state index is 12.6. The first-order valence-corrected chi connectivity index (χ1v) is 8.08. The number of aromatic carboxylic acids is 1. The minimum absolute atomic E-state index is 0.0108. The zero-order valence-electron chi connectivity index (χ0n) is 13.7. The summed E-state index contributed by atoms with van der Waals surface area (Å²) in [6, 6.07) is 9.88. The molecule has 1 aliphatic heterocycles. The van der Waals surface area contributed by atoms with Crippen LogP contribution < -0.4 is 15.0 Å². The summed E-state index contributed by atoms with van der Waals surface area (Å²) in [5.41, 5.74) is 1.06. The third kappa shape index (κ3) is 3.34. The summed E-state index contributed by atoms with van der Waals surface area (Å²) in [6.07, 6.45) is -0.0108. The Hall–Kier alpha value is -3.06. The third-order valence-electron chi connectivity index (χ3n) is 4.01. The normalized spacial score (nSPS) is 16.7. The lowest BCUT2D eigenvalue weighted by Crippen LogP contribution is -2.34. The lowest BCUT2D eigenvalue weighted by Gasteiger charge is -2.17. The van der Waals surface area contributed by atoms with Crippen molar-refractivity contribution in [2.24, 2.45) is 0 Å². The second kappa shape index (κ2) is 7.05. The van der Waals surface area contributed by atoms with Gasteiger partial charge in [0, 0.05) is 5.69 Å². The van der Waals surface area contributed by atoms with Crippen LogP contribution in [0.4, 0.5) is 11.4 Å². The first-order valence-electron chi connectivity index (χ1n) is 7.71. The molecule has 0 spiro atoms. The first-order chi connectivity index (χ1) is 12.4. The molecule has 1 fully saturated rings. The van der Waals surface area contributed by atoms with Gasteiger partial charge in [0.15, 0.2) is 0 Å². The number of imide groups is 1. The predicted octanol–water partition coefficient (Wildman–Crippen LogP) is 2.79. The fourth-order valence-corrected chi connectivity index (χ4v) is 2.97. The van der Waals surface area contributed by atoms with Gasteiger partial charge >= 0.3 is 5.97 Å². The van der Waals surface area contributed by atoms with Gasteiger partial charge in [-0.05, 0) is 42.5 Å². The maximum absolute atomic E-state index is 12.6. The number of amides is 2. The Morgan fingerprint density at radius 3 is 2.50 bits per heavy atom. The summed E-state index contributed by atoms with van der Waals surface area (Å²) < 4.78 is 5.07. The second-order valence-corrected chi connectivity index (χ2v) is 6.08. The van der Waals surface area contributed by atoms with Crippen LogP contribution >= 0.6 is 11.6 Å². The highest BCUT2D eigenvalue weighted by atomic mass is 35.5. The molecule has 1 atom stereocenters. The molecule has 0 aliphatic carbocycles. The number of anilines is 2. The van der Waals surface area contributed by atoms with Gasteiger partial charge in [-0.15, -0.1) is 0 Å². The van der Waals surface area contributed by atoms with E-state index in [4.69, 9.17) is 21.4 Å². The number of carboxylic acid groups (broad SMARTS) is 1. The van der Waals surface area contributed by atoms with Gasteiger partial charge in [0.2, 0.25) is 5.91 Å². The molecule has 0 bridgehead atoms. The summed E-state index contributed by atoms with van der Waals surface area (Å²) in [4.78, 5) is 36.9. The molecule has 0 saturated carbocycles. The van der Waals surface area contributed by atoms with Gasteiger partial charge in [0.1, 0.15) is 11.8 Å². The fraction of sp³-hybridized carbons (Fsp3) is 0.167. The van der Waals surface area contributed by atoms with Crippen molar-refractivity contribution in [3.05, 3.63) is 53.1 Å². The van der Waals surface area contributed by atoms with Gasteiger partial charge in [0.05, 0.1) is 29.8 Å². The molecular weight excluding hydrogens is 360 g/mol. The van der Waals surface area contributed by atoms with Crippen LogP contribution in [0.3, 0.4) is 0 Å². The van der Waals surface area contributed by atoms with E-state index in [-0.39, 0.29) is 17.9 Å². The molecule has 8 heteroatoms. The van der Waals surface area contributed by atoms with Crippen LogP contribution in [0.5, 0.6) is 5.75 Å². The smallest absolute Gasteiger partial charge is 0.335 e. The summed E-state index contributed by atoms with van der Waals surface area (Å²) in [7, 11) is 1.47. The van der Waals surface area contributed by atoms with Crippen LogP contribution in [-0.4, -0.2) is 36.0 Å². The molecule has 7 nitrogen and oxygen atoms in total. The maximum Gasteiger partial charge on any atom is 0.335 e. The Labute approximate surface area is 154 Å². The lowest BCUT2D eigenvalue weighted by atomic mass is 10.2. The van der Waals surface area contributed by atoms with Crippen molar-refractivity contribution in [3.63, 3.8) is 0 Å². The number of carboxylic acids is 1. The van der Waals surface area contributed by atoms with E-state index in [0.717, 1.165) is 4.90 Å². The number of methoxy groups -OCH3 is 1. The van der Waals surface area contributed by atoms with Crippen molar-refractivity contribution in [3.8, 4) is 5.75 Å². The molecule has 0 unspecified atom stereocenters. The van der Waals surface area contributed by atoms with Gasteiger partial charge < -0.3 is 15.2 Å². The lowest BCUT2D eigenvalue weighted by molar-refractivity contribution is -0.121. The number of halogens is 1. The number of hydrogen-bond donors (Lipinski definition) is 2. The van der Waals surface area contributed by atoms with E-state index >= 15 is 0 Å². The predicted molar refractivity (Wildman–Crippen MR) is 95.9 cm³/mol. The number of nitrogens with one attached hydrogen (secondary N) is 1. The number of nitrogens with zero attached hydrogens (tertiary/aromatic N) is 1. The van der Waals surface area contributed by atoms with E-state index in [0.29, 0.717) is 22.1 Å². The number of hydrogen-bond acceptors (Lipinski definition) is 5. The topological polar surface area (TPSA) is 95.9 Å². The Bertz CT molecular complexity index is 882. The molecular formula is C18H15ClN2O5. The molecule has 2 aromatic rings. The monoisotopic (exact) mass is 374 g/mol. The average molecular weight is 375 g/mol. The van der Waals surface area contributed by atoms with Crippen LogP contribution in [-0.2, 0) is 9.59 Å². The molecule has 2 N–H and O–H groups in total. The summed E-state index contributed by atoms with van der Waals surface area (Å²) >= 11 is 6.07. The van der Waals surface area contributed by atoms with Crippen molar-refractivity contribution in [2.75, 3.05) is 17.3 Å². The molecule has 1 heterocycles. The number of ether oxygens (including phenoxy) is 1. The summed E-state index contributed by atoms with van der Waals surface area (Å²) in [6.45, 7) is 0. The van der Waals surface area contributed by atoms with E-state index in [1.165, 1.54) is 25.3 Å². The van der Waals surface area contributed by atoms with Gasteiger partial charge in [-0.25, -0.2) is 9.69 Å². The number of rotatable bonds is 5. The van der Waals surface area contributed by atoms with Crippen LogP contribution in [0.1, 0.15) is 16.8 Å². The van der Waals surface area contributed by atoms with Crippen molar-refractivity contribution < 1.29 is 24.2 Å². The average Bonchev–Trinajstić information content (AvgIpc) is 2.89. The highest BCUT2D eigenvalue weighted by Crippen LogP contribution is 2.32. The number of carbonyl (C=O) groups excluding carboxylic acids is 2. The highest BCUT2D eigenvalue weighted by Gasteiger charge is 2.39. The van der Waals surface area contributed by atoms with Crippen molar-refractivity contribution in [1.29, 1.82) is 0 Å². The van der Waals surface area contributed by atoms with E-state index < -0.39 is 17.9 Å². The number of carbonyl (C=O) groups is 3. The van der Waals surface area contributed by atoms with Gasteiger partial charge in [-0.2, -0.15) is 0 Å². The SMILES string of the molecule is COc1ccc(N2C(=O)C[C@H](Nc3ccc(C(=O)O)cc3)C2=O)cc1Cl. The zero-order chi connectivity index (χ0) is 18.8. The third-order valence-corrected chi connectivity index (χ3v) is 4.31. The van der Waals surface area contributed by atoms with Crippen molar-refractivity contribution in [2.45, 2.75) is 12.5 Å². The Balaban J connectivity index is 1.78. The molecule has 2 aromatic carbocycles. The molecule has 1 aliphatic rings. The van der Waals surface area contributed by atoms with Gasteiger partial charge in [-0.3, -0.25) is 9.59 Å². The standard InChI is InChI=1S/C18H15ClN2O5/c1-26-15-7-6-12(8-13(15)19)21-16(22)9-14(17(21)23)20-11-4-2-10(3-5-11)18(24)25/h2-8,14,20H,9H2,1H3,(H,24,25)/t14-/m0/s1. The van der Waals surface area contributed by atoms with Crippen LogP contribution in [0.2, 0.25) is 5.02 Å². The molecule has 134 valence electrons. The van der Waals surface area contributed by atoms with Crippen molar-refractivity contribution >= 4 is 40.8 Å². The second-order valence-electron chi connectivity index (χ2n) is 5.67. The van der Waals surface area contributed by atoms with Gasteiger partial charge in [-0.1, -0.05) is 11.6 Å². The van der Waals surface area contributed by atoms with Crippen LogP contribution in [0, 0.1) is 0 Å². The van der Waals surface area contributed by atoms with Gasteiger partial charge in [0.25, 0.3) is 5.91 Å². The van der Waals surface area contributed by atoms with Crippen LogP contribution in [0.25, 0.3) is 0 Å². The van der Waals surface area contributed by atoms with E-state index in [2.05, 4.69) is 5.32 Å². The fourth-order valence-electron chi connectivity index (χ4n) is 2.72. The molecule has 3 rings (SSSR count). The Morgan fingerprint density at radius 1 is 1.23 bits per heavy atom. The Kier molecular flexibility index (Phi) is 4.81. The summed E-state index contributed by atoms with van der Waals surface area (Å²) in [5, 5.41) is 12.2. The molecule has 26 heavy (non-hydrogen) atoms. The zero-order valence-corrected chi connectivity index (χ0v) is 14.5. The van der Waals surface area contributed by atoms with E-state index in [1.807, 2.05) is 0 Å². The molecule has 1 saturated heterocycles. The number of benzene rings is 2. The van der Waals surface area contributed by atoms with E-state index in [1.54, 1.807) is 24.3 Å².